The van der Waals surface area contributed by atoms with E-state index in [1.807, 2.05) is 18.7 Å². The summed E-state index contributed by atoms with van der Waals surface area (Å²) in [6.07, 6.45) is 2.34. The Morgan fingerprint density at radius 3 is 2.44 bits per heavy atom. The van der Waals surface area contributed by atoms with Gasteiger partial charge in [-0.05, 0) is 63.3 Å². The molecule has 1 amide bonds. The Labute approximate surface area is 161 Å². The van der Waals surface area contributed by atoms with Crippen molar-refractivity contribution >= 4 is 22.8 Å². The number of rotatable bonds is 5. The third kappa shape index (κ3) is 3.60. The molecular formula is C22H30N2O3. The Balaban J connectivity index is 1.86. The van der Waals surface area contributed by atoms with E-state index in [0.717, 1.165) is 29.7 Å². The maximum Gasteiger partial charge on any atom is 0.309 e. The number of amides is 1. The summed E-state index contributed by atoms with van der Waals surface area (Å²) in [5.41, 5.74) is 4.25. The Hall–Kier alpha value is -2.30. The molecule has 1 aliphatic heterocycles. The molecule has 0 N–H and O–H groups in total. The van der Waals surface area contributed by atoms with Crippen molar-refractivity contribution in [2.75, 3.05) is 19.7 Å². The van der Waals surface area contributed by atoms with E-state index in [-0.39, 0.29) is 17.8 Å². The highest BCUT2D eigenvalue weighted by Crippen LogP contribution is 2.29. The standard InChI is InChI=1S/C22H30N2O3/c1-5-16-8-9-19-18(14-16)15(4)20(24(19)6-2)21(25)23-12-10-17(11-13-23)22(26)27-7-3/h8-9,14,17H,5-7,10-13H2,1-4H3. The number of carbonyl (C=O) groups excluding carboxylic acids is 2. The van der Waals surface area contributed by atoms with Gasteiger partial charge in [0.2, 0.25) is 0 Å². The van der Waals surface area contributed by atoms with Crippen molar-refractivity contribution in [1.29, 1.82) is 0 Å². The van der Waals surface area contributed by atoms with Gasteiger partial charge in [0.15, 0.2) is 0 Å². The van der Waals surface area contributed by atoms with E-state index >= 15 is 0 Å². The van der Waals surface area contributed by atoms with Crippen molar-refractivity contribution in [3.8, 4) is 0 Å². The van der Waals surface area contributed by atoms with Crippen LogP contribution in [0.3, 0.4) is 0 Å². The molecule has 0 bridgehead atoms. The number of hydrogen-bond acceptors (Lipinski definition) is 3. The topological polar surface area (TPSA) is 51.5 Å². The maximum absolute atomic E-state index is 13.3. The molecule has 1 aliphatic rings. The van der Waals surface area contributed by atoms with Crippen LogP contribution in [0.4, 0.5) is 0 Å². The quantitative estimate of drug-likeness (QED) is 0.749. The van der Waals surface area contributed by atoms with Gasteiger partial charge >= 0.3 is 5.97 Å². The van der Waals surface area contributed by atoms with Gasteiger partial charge in [-0.25, -0.2) is 0 Å². The maximum atomic E-state index is 13.3. The first kappa shape index (κ1) is 19.5. The number of hydrogen-bond donors (Lipinski definition) is 0. The lowest BCUT2D eigenvalue weighted by Crippen LogP contribution is -2.41. The van der Waals surface area contributed by atoms with Crippen LogP contribution in [-0.4, -0.2) is 41.0 Å². The smallest absolute Gasteiger partial charge is 0.309 e. The minimum absolute atomic E-state index is 0.0749. The summed E-state index contributed by atoms with van der Waals surface area (Å²) < 4.78 is 7.26. The third-order valence-electron chi connectivity index (χ3n) is 5.71. The number of fused-ring (bicyclic) bond motifs is 1. The van der Waals surface area contributed by atoms with Gasteiger partial charge in [0.1, 0.15) is 5.69 Å². The molecule has 2 aromatic rings. The zero-order valence-corrected chi connectivity index (χ0v) is 16.9. The van der Waals surface area contributed by atoms with Crippen LogP contribution in [0, 0.1) is 12.8 Å². The molecule has 0 saturated carbocycles. The molecule has 1 fully saturated rings. The van der Waals surface area contributed by atoms with Crippen LogP contribution in [0.2, 0.25) is 0 Å². The van der Waals surface area contributed by atoms with Gasteiger partial charge in [-0.3, -0.25) is 9.59 Å². The Bertz CT molecular complexity index is 845. The predicted octanol–water partition coefficient (Wildman–Crippen LogP) is 3.95. The second-order valence-corrected chi connectivity index (χ2v) is 7.24. The minimum atomic E-state index is -0.129. The van der Waals surface area contributed by atoms with Gasteiger partial charge in [-0.15, -0.1) is 0 Å². The molecule has 0 atom stereocenters. The number of carbonyl (C=O) groups is 2. The number of nitrogens with zero attached hydrogens (tertiary/aromatic N) is 2. The van der Waals surface area contributed by atoms with E-state index in [1.54, 1.807) is 0 Å². The number of likely N-dealkylation sites (tertiary alicyclic amines) is 1. The molecule has 0 radical (unpaired) electrons. The molecule has 1 saturated heterocycles. The first-order chi connectivity index (χ1) is 13.0. The minimum Gasteiger partial charge on any atom is -0.466 e. The number of aromatic nitrogens is 1. The molecule has 146 valence electrons. The highest BCUT2D eigenvalue weighted by atomic mass is 16.5. The molecule has 27 heavy (non-hydrogen) atoms. The van der Waals surface area contributed by atoms with Crippen molar-refractivity contribution in [2.24, 2.45) is 5.92 Å². The molecule has 0 spiro atoms. The summed E-state index contributed by atoms with van der Waals surface area (Å²) in [5.74, 6) is -0.138. The molecule has 2 heterocycles. The molecule has 1 aromatic carbocycles. The fourth-order valence-electron chi connectivity index (χ4n) is 4.12. The summed E-state index contributed by atoms with van der Waals surface area (Å²) in [4.78, 5) is 27.2. The molecule has 5 heteroatoms. The van der Waals surface area contributed by atoms with E-state index in [2.05, 4.69) is 36.6 Å². The monoisotopic (exact) mass is 370 g/mol. The van der Waals surface area contributed by atoms with Crippen molar-refractivity contribution in [3.05, 3.63) is 35.0 Å². The number of ether oxygens (including phenoxy) is 1. The van der Waals surface area contributed by atoms with E-state index in [4.69, 9.17) is 4.74 Å². The number of esters is 1. The highest BCUT2D eigenvalue weighted by molar-refractivity contribution is 6.02. The van der Waals surface area contributed by atoms with Crippen molar-refractivity contribution in [2.45, 2.75) is 53.5 Å². The van der Waals surface area contributed by atoms with Gasteiger partial charge in [0, 0.05) is 30.5 Å². The zero-order chi connectivity index (χ0) is 19.6. The lowest BCUT2D eigenvalue weighted by Gasteiger charge is -2.31. The lowest BCUT2D eigenvalue weighted by atomic mass is 9.96. The van der Waals surface area contributed by atoms with E-state index in [1.165, 1.54) is 10.9 Å². The van der Waals surface area contributed by atoms with Gasteiger partial charge in [-0.1, -0.05) is 13.0 Å². The highest BCUT2D eigenvalue weighted by Gasteiger charge is 2.31. The molecule has 3 rings (SSSR count). The average molecular weight is 370 g/mol. The van der Waals surface area contributed by atoms with Crippen LogP contribution >= 0.6 is 0 Å². The van der Waals surface area contributed by atoms with Gasteiger partial charge in [0.25, 0.3) is 5.91 Å². The second kappa shape index (κ2) is 8.15. The van der Waals surface area contributed by atoms with Gasteiger partial charge in [0.05, 0.1) is 12.5 Å². The number of benzene rings is 1. The molecular weight excluding hydrogens is 340 g/mol. The summed E-state index contributed by atoms with van der Waals surface area (Å²) in [6.45, 7) is 10.5. The van der Waals surface area contributed by atoms with Crippen LogP contribution in [0.15, 0.2) is 18.2 Å². The van der Waals surface area contributed by atoms with E-state index < -0.39 is 0 Å². The van der Waals surface area contributed by atoms with Crippen molar-refractivity contribution in [3.63, 3.8) is 0 Å². The summed E-state index contributed by atoms with van der Waals surface area (Å²) in [6, 6.07) is 6.49. The van der Waals surface area contributed by atoms with Gasteiger partial charge < -0.3 is 14.2 Å². The van der Waals surface area contributed by atoms with Crippen LogP contribution in [0.5, 0.6) is 0 Å². The van der Waals surface area contributed by atoms with E-state index in [9.17, 15) is 9.59 Å². The van der Waals surface area contributed by atoms with E-state index in [0.29, 0.717) is 32.5 Å². The Morgan fingerprint density at radius 1 is 1.15 bits per heavy atom. The number of piperidine rings is 1. The Morgan fingerprint density at radius 2 is 1.85 bits per heavy atom. The zero-order valence-electron chi connectivity index (χ0n) is 16.9. The van der Waals surface area contributed by atoms with Crippen LogP contribution in [0.25, 0.3) is 10.9 Å². The fourth-order valence-corrected chi connectivity index (χ4v) is 4.12. The first-order valence-corrected chi connectivity index (χ1v) is 10.1. The first-order valence-electron chi connectivity index (χ1n) is 10.1. The molecule has 0 unspecified atom stereocenters. The SMILES string of the molecule is CCOC(=O)C1CCN(C(=O)c2c(C)c3cc(CC)ccc3n2CC)CC1. The normalized spacial score (nSPS) is 15.3. The van der Waals surface area contributed by atoms with Crippen molar-refractivity contribution < 1.29 is 14.3 Å². The van der Waals surface area contributed by atoms with Crippen molar-refractivity contribution in [1.82, 2.24) is 9.47 Å². The third-order valence-corrected chi connectivity index (χ3v) is 5.71. The molecule has 1 aromatic heterocycles. The van der Waals surface area contributed by atoms with Crippen LogP contribution in [-0.2, 0) is 22.5 Å². The molecule has 0 aliphatic carbocycles. The lowest BCUT2D eigenvalue weighted by molar-refractivity contribution is -0.149. The average Bonchev–Trinajstić information content (AvgIpc) is 2.98. The summed E-state index contributed by atoms with van der Waals surface area (Å²) in [5, 5.41) is 1.17. The second-order valence-electron chi connectivity index (χ2n) is 7.24. The summed E-state index contributed by atoms with van der Waals surface area (Å²) in [7, 11) is 0. The molecule has 5 nitrogen and oxygen atoms in total. The summed E-state index contributed by atoms with van der Waals surface area (Å²) >= 11 is 0. The largest absolute Gasteiger partial charge is 0.466 e. The Kier molecular flexibility index (Phi) is 5.88. The fraction of sp³-hybridized carbons (Fsp3) is 0.545. The van der Waals surface area contributed by atoms with Crippen LogP contribution in [0.1, 0.15) is 55.2 Å². The van der Waals surface area contributed by atoms with Crippen LogP contribution < -0.4 is 0 Å². The predicted molar refractivity (Wildman–Crippen MR) is 107 cm³/mol. The number of aryl methyl sites for hydroxylation is 3. The van der Waals surface area contributed by atoms with Gasteiger partial charge in [-0.2, -0.15) is 0 Å².